The molecule has 0 amide bonds. The van der Waals surface area contributed by atoms with Gasteiger partial charge in [-0.3, -0.25) is 9.59 Å². The molecule has 0 saturated carbocycles. The zero-order chi connectivity index (χ0) is 47.7. The van der Waals surface area contributed by atoms with Gasteiger partial charge in [0, 0.05) is 12.8 Å². The summed E-state index contributed by atoms with van der Waals surface area (Å²) in [5.41, 5.74) is 0. The van der Waals surface area contributed by atoms with Gasteiger partial charge in [0.25, 0.3) is 0 Å². The van der Waals surface area contributed by atoms with Gasteiger partial charge in [0.2, 0.25) is 0 Å². The summed E-state index contributed by atoms with van der Waals surface area (Å²) in [7, 11) is 0. The number of carbonyl (C=O) groups is 2. The van der Waals surface area contributed by atoms with E-state index in [1.54, 1.807) is 0 Å². The van der Waals surface area contributed by atoms with Gasteiger partial charge in [0.1, 0.15) is 6.61 Å². The Morgan fingerprint density at radius 2 is 0.652 bits per heavy atom. The molecular weight excluding hydrogens is 813 g/mol. The second kappa shape index (κ2) is 57.4. The monoisotopic (exact) mass is 927 g/mol. The first-order chi connectivity index (χ1) is 32.6. The molecule has 5 nitrogen and oxygen atoms in total. The van der Waals surface area contributed by atoms with E-state index in [0.29, 0.717) is 12.8 Å². The van der Waals surface area contributed by atoms with Crippen LogP contribution in [0.5, 0.6) is 0 Å². The van der Waals surface area contributed by atoms with Crippen LogP contribution in [0.25, 0.3) is 0 Å². The third kappa shape index (κ3) is 54.7. The Kier molecular flexibility index (Phi) is 55.8. The number of aliphatic hydroxyl groups excluding tert-OH is 1. The molecule has 1 atom stereocenters. The van der Waals surface area contributed by atoms with Crippen LogP contribution in [-0.2, 0) is 19.1 Å². The highest BCUT2D eigenvalue weighted by Gasteiger charge is 2.16. The van der Waals surface area contributed by atoms with E-state index in [9.17, 15) is 14.7 Å². The van der Waals surface area contributed by atoms with Crippen LogP contribution in [0.15, 0.2) is 36.5 Å². The molecule has 1 unspecified atom stereocenters. The summed E-state index contributed by atoms with van der Waals surface area (Å²) >= 11 is 0. The van der Waals surface area contributed by atoms with Crippen LogP contribution in [0.3, 0.4) is 0 Å². The first-order valence-electron chi connectivity index (χ1n) is 29.5. The van der Waals surface area contributed by atoms with Crippen molar-refractivity contribution in [2.24, 2.45) is 0 Å². The molecule has 0 aromatic rings. The lowest BCUT2D eigenvalue weighted by atomic mass is 10.0. The molecule has 1 N–H and O–H groups in total. The van der Waals surface area contributed by atoms with Crippen LogP contribution in [0.4, 0.5) is 0 Å². The van der Waals surface area contributed by atoms with Crippen LogP contribution in [-0.4, -0.2) is 36.4 Å². The highest BCUT2D eigenvalue weighted by molar-refractivity contribution is 5.70. The van der Waals surface area contributed by atoms with Crippen molar-refractivity contribution in [3.05, 3.63) is 36.5 Å². The van der Waals surface area contributed by atoms with E-state index < -0.39 is 6.10 Å². The van der Waals surface area contributed by atoms with Crippen molar-refractivity contribution in [2.75, 3.05) is 13.2 Å². The number of hydrogen-bond donors (Lipinski definition) is 1. The van der Waals surface area contributed by atoms with Gasteiger partial charge in [-0.05, 0) is 44.9 Å². The van der Waals surface area contributed by atoms with E-state index in [1.165, 1.54) is 231 Å². The molecule has 0 spiro atoms. The van der Waals surface area contributed by atoms with Gasteiger partial charge in [0.15, 0.2) is 6.10 Å². The van der Waals surface area contributed by atoms with Crippen LogP contribution < -0.4 is 0 Å². The molecule has 0 heterocycles. The minimum Gasteiger partial charge on any atom is -0.462 e. The molecule has 0 saturated heterocycles. The molecule has 0 rings (SSSR count). The Morgan fingerprint density at radius 3 is 0.985 bits per heavy atom. The number of allylic oxidation sites excluding steroid dienone is 6. The Morgan fingerprint density at radius 1 is 0.364 bits per heavy atom. The van der Waals surface area contributed by atoms with Gasteiger partial charge in [0.05, 0.1) is 6.61 Å². The van der Waals surface area contributed by atoms with Gasteiger partial charge in [-0.15, -0.1) is 0 Å². The first kappa shape index (κ1) is 64.1. The minimum atomic E-state index is -0.776. The molecule has 0 aliphatic carbocycles. The summed E-state index contributed by atoms with van der Waals surface area (Å²) in [6.07, 6.45) is 74.4. The Balaban J connectivity index is 3.37. The van der Waals surface area contributed by atoms with Crippen molar-refractivity contribution in [3.63, 3.8) is 0 Å². The SMILES string of the molecule is CC/C=C\C/C=C\C/C=C\CCCCCCCCCC(=O)OC(CO)COC(=O)CCCCCCCCCCCCCCCCCCCCCCCCCCCCCCCCCCCCC. The van der Waals surface area contributed by atoms with Gasteiger partial charge in [-0.1, -0.05) is 301 Å². The third-order valence-electron chi connectivity index (χ3n) is 13.4. The highest BCUT2D eigenvalue weighted by atomic mass is 16.6. The number of carbonyl (C=O) groups excluding carboxylic acids is 2. The van der Waals surface area contributed by atoms with Crippen LogP contribution in [0, 0.1) is 0 Å². The van der Waals surface area contributed by atoms with Gasteiger partial charge in [-0.25, -0.2) is 0 Å². The predicted octanol–water partition coefficient (Wildman–Crippen LogP) is 19.9. The van der Waals surface area contributed by atoms with E-state index in [0.717, 1.165) is 64.2 Å². The summed E-state index contributed by atoms with van der Waals surface area (Å²) in [5, 5.41) is 9.64. The van der Waals surface area contributed by atoms with Crippen molar-refractivity contribution >= 4 is 11.9 Å². The normalized spacial score (nSPS) is 12.3. The molecule has 0 aromatic carbocycles. The zero-order valence-corrected chi connectivity index (χ0v) is 44.5. The first-order valence-corrected chi connectivity index (χ1v) is 29.5. The third-order valence-corrected chi connectivity index (χ3v) is 13.4. The average molecular weight is 928 g/mol. The fourth-order valence-corrected chi connectivity index (χ4v) is 9.05. The lowest BCUT2D eigenvalue weighted by Gasteiger charge is -2.15. The number of ether oxygens (including phenoxy) is 2. The smallest absolute Gasteiger partial charge is 0.306 e. The molecular formula is C61H114O5. The van der Waals surface area contributed by atoms with Crippen LogP contribution >= 0.6 is 0 Å². The highest BCUT2D eigenvalue weighted by Crippen LogP contribution is 2.18. The molecule has 5 heteroatoms. The summed E-state index contributed by atoms with van der Waals surface area (Å²) < 4.78 is 10.7. The van der Waals surface area contributed by atoms with E-state index in [2.05, 4.69) is 50.3 Å². The Bertz CT molecular complexity index is 1050. The van der Waals surface area contributed by atoms with E-state index in [4.69, 9.17) is 9.47 Å². The standard InChI is InChI=1S/C61H114O5/c1-3-5-7-9-11-13-15-17-19-21-22-23-24-25-26-27-28-29-30-31-32-33-34-35-36-37-38-40-41-43-45-47-49-51-53-55-60(63)65-58-59(57-62)66-61(64)56-54-52-50-48-46-44-42-39-20-18-16-14-12-10-8-6-4-2/h6,8,12,14,18,20,59,62H,3-5,7,9-11,13,15-17,19,21-58H2,1-2H3/b8-6-,14-12-,20-18-. The van der Waals surface area contributed by atoms with Crippen LogP contribution in [0.2, 0.25) is 0 Å². The maximum atomic E-state index is 12.3. The van der Waals surface area contributed by atoms with Crippen molar-refractivity contribution in [1.82, 2.24) is 0 Å². The Labute approximate surface area is 412 Å². The van der Waals surface area contributed by atoms with Gasteiger partial charge in [-0.2, -0.15) is 0 Å². The summed E-state index contributed by atoms with van der Waals surface area (Å²) in [6.45, 7) is 4.06. The number of aliphatic hydroxyl groups is 1. The maximum Gasteiger partial charge on any atom is 0.306 e. The molecule has 0 aliphatic rings. The van der Waals surface area contributed by atoms with Crippen molar-refractivity contribution < 1.29 is 24.2 Å². The van der Waals surface area contributed by atoms with Crippen LogP contribution in [0.1, 0.15) is 322 Å². The maximum absolute atomic E-state index is 12.3. The second-order valence-corrected chi connectivity index (χ2v) is 20.1. The lowest BCUT2D eigenvalue weighted by molar-refractivity contribution is -0.161. The quantitative estimate of drug-likeness (QED) is 0.0374. The summed E-state index contributed by atoms with van der Waals surface area (Å²) in [5.74, 6) is -0.587. The predicted molar refractivity (Wildman–Crippen MR) is 288 cm³/mol. The van der Waals surface area contributed by atoms with Crippen molar-refractivity contribution in [1.29, 1.82) is 0 Å². The van der Waals surface area contributed by atoms with Crippen molar-refractivity contribution in [2.45, 2.75) is 328 Å². The molecule has 0 fully saturated rings. The molecule has 388 valence electrons. The van der Waals surface area contributed by atoms with Gasteiger partial charge >= 0.3 is 11.9 Å². The van der Waals surface area contributed by atoms with Crippen molar-refractivity contribution in [3.8, 4) is 0 Å². The fourth-order valence-electron chi connectivity index (χ4n) is 9.05. The minimum absolute atomic E-state index is 0.0662. The topological polar surface area (TPSA) is 72.8 Å². The number of rotatable bonds is 55. The number of unbranched alkanes of at least 4 members (excludes halogenated alkanes) is 41. The molecule has 0 radical (unpaired) electrons. The molecule has 0 aliphatic heterocycles. The number of hydrogen-bond acceptors (Lipinski definition) is 5. The average Bonchev–Trinajstić information content (AvgIpc) is 3.32. The number of esters is 2. The summed E-state index contributed by atoms with van der Waals surface area (Å²) in [6, 6.07) is 0. The summed E-state index contributed by atoms with van der Waals surface area (Å²) in [4.78, 5) is 24.5. The molecule has 0 bridgehead atoms. The van der Waals surface area contributed by atoms with E-state index in [-0.39, 0.29) is 25.2 Å². The Hall–Kier alpha value is -1.88. The largest absolute Gasteiger partial charge is 0.462 e. The fraction of sp³-hybridized carbons (Fsp3) is 0.869. The van der Waals surface area contributed by atoms with Gasteiger partial charge < -0.3 is 14.6 Å². The van der Waals surface area contributed by atoms with E-state index >= 15 is 0 Å². The second-order valence-electron chi connectivity index (χ2n) is 20.1. The van der Waals surface area contributed by atoms with E-state index in [1.807, 2.05) is 0 Å². The zero-order valence-electron chi connectivity index (χ0n) is 44.5. The molecule has 66 heavy (non-hydrogen) atoms. The molecule has 0 aromatic heterocycles. The lowest BCUT2D eigenvalue weighted by Crippen LogP contribution is -2.28.